The Morgan fingerprint density at radius 2 is 1.90 bits per heavy atom. The van der Waals surface area contributed by atoms with Crippen LogP contribution in [0.4, 0.5) is 5.69 Å². The Hall–Kier alpha value is -2.31. The van der Waals surface area contributed by atoms with Crippen molar-refractivity contribution < 1.29 is 4.74 Å². The number of ether oxygens (including phenoxy) is 1. The summed E-state index contributed by atoms with van der Waals surface area (Å²) in [7, 11) is 0. The van der Waals surface area contributed by atoms with Gasteiger partial charge in [-0.05, 0) is 36.2 Å². The van der Waals surface area contributed by atoms with Gasteiger partial charge in [-0.25, -0.2) is 0 Å². The Bertz CT molecular complexity index is 602. The van der Waals surface area contributed by atoms with Crippen LogP contribution in [0.3, 0.4) is 0 Å². The van der Waals surface area contributed by atoms with E-state index in [1.165, 1.54) is 11.1 Å². The van der Waals surface area contributed by atoms with Crippen LogP contribution in [0.1, 0.15) is 23.6 Å². The lowest BCUT2D eigenvalue weighted by molar-refractivity contribution is 0.133. The van der Waals surface area contributed by atoms with Crippen LogP contribution in [0.2, 0.25) is 0 Å². The Morgan fingerprint density at radius 1 is 1.10 bits per heavy atom. The first kappa shape index (κ1) is 14.1. The van der Waals surface area contributed by atoms with Crippen molar-refractivity contribution in [2.75, 3.05) is 11.9 Å². The topological polar surface area (TPSA) is 45.0 Å². The van der Waals surface area contributed by atoms with E-state index in [1.807, 2.05) is 37.3 Å². The number of anilines is 1. The summed E-state index contributed by atoms with van der Waals surface area (Å²) in [6.45, 7) is 4.06. The highest BCUT2D eigenvalue weighted by Gasteiger charge is 2.02. The normalized spacial score (nSPS) is 10.0. The van der Waals surface area contributed by atoms with Gasteiger partial charge >= 0.3 is 0 Å². The molecular weight excluding hydrogens is 248 g/mol. The maximum absolute atomic E-state index is 8.89. The van der Waals surface area contributed by atoms with Crippen LogP contribution in [0.15, 0.2) is 48.5 Å². The van der Waals surface area contributed by atoms with Crippen LogP contribution in [0.25, 0.3) is 0 Å². The average Bonchev–Trinajstić information content (AvgIpc) is 2.52. The minimum Gasteiger partial charge on any atom is -0.381 e. The molecule has 3 nitrogen and oxygen atoms in total. The van der Waals surface area contributed by atoms with Gasteiger partial charge in [0.2, 0.25) is 0 Å². The predicted octanol–water partition coefficient (Wildman–Crippen LogP) is 3.71. The van der Waals surface area contributed by atoms with Crippen molar-refractivity contribution in [3.05, 3.63) is 65.2 Å². The van der Waals surface area contributed by atoms with Crippen LogP contribution in [-0.2, 0) is 17.9 Å². The maximum Gasteiger partial charge on any atom is 0.0992 e. The van der Waals surface area contributed by atoms with Crippen molar-refractivity contribution in [1.82, 2.24) is 0 Å². The third-order valence-corrected chi connectivity index (χ3v) is 3.05. The SMILES string of the molecule is CCOCc1ccccc1CNc1cccc(C#N)c1. The van der Waals surface area contributed by atoms with Gasteiger partial charge in [0.25, 0.3) is 0 Å². The van der Waals surface area contributed by atoms with E-state index >= 15 is 0 Å². The first-order valence-electron chi connectivity index (χ1n) is 6.72. The van der Waals surface area contributed by atoms with Gasteiger partial charge in [-0.3, -0.25) is 0 Å². The Kier molecular flexibility index (Phi) is 5.16. The molecule has 0 fully saturated rings. The first-order valence-corrected chi connectivity index (χ1v) is 6.72. The summed E-state index contributed by atoms with van der Waals surface area (Å²) in [6.07, 6.45) is 0. The molecule has 0 aliphatic rings. The fourth-order valence-corrected chi connectivity index (χ4v) is 1.98. The molecule has 0 bridgehead atoms. The van der Waals surface area contributed by atoms with Gasteiger partial charge in [0.15, 0.2) is 0 Å². The summed E-state index contributed by atoms with van der Waals surface area (Å²) < 4.78 is 5.48. The third kappa shape index (κ3) is 3.84. The summed E-state index contributed by atoms with van der Waals surface area (Å²) in [5.74, 6) is 0. The fraction of sp³-hybridized carbons (Fsp3) is 0.235. The molecule has 0 radical (unpaired) electrons. The molecule has 0 heterocycles. The molecule has 0 saturated carbocycles. The number of rotatable bonds is 6. The fourth-order valence-electron chi connectivity index (χ4n) is 1.98. The zero-order valence-corrected chi connectivity index (χ0v) is 11.6. The smallest absolute Gasteiger partial charge is 0.0992 e. The molecule has 0 amide bonds. The molecule has 2 aromatic carbocycles. The van der Waals surface area contributed by atoms with Gasteiger partial charge in [0.05, 0.1) is 18.2 Å². The highest BCUT2D eigenvalue weighted by Crippen LogP contribution is 2.15. The molecule has 0 aromatic heterocycles. The molecule has 102 valence electrons. The van der Waals surface area contributed by atoms with Gasteiger partial charge in [-0.1, -0.05) is 30.3 Å². The summed E-state index contributed by atoms with van der Waals surface area (Å²) in [5.41, 5.74) is 4.02. The summed E-state index contributed by atoms with van der Waals surface area (Å²) in [6, 6.07) is 17.9. The van der Waals surface area contributed by atoms with E-state index in [0.29, 0.717) is 18.8 Å². The van der Waals surface area contributed by atoms with E-state index in [-0.39, 0.29) is 0 Å². The predicted molar refractivity (Wildman–Crippen MR) is 80.3 cm³/mol. The van der Waals surface area contributed by atoms with Crippen molar-refractivity contribution in [2.24, 2.45) is 0 Å². The van der Waals surface area contributed by atoms with Crippen LogP contribution in [0, 0.1) is 11.3 Å². The highest BCUT2D eigenvalue weighted by molar-refractivity contribution is 5.49. The van der Waals surface area contributed by atoms with Crippen LogP contribution in [-0.4, -0.2) is 6.61 Å². The lowest BCUT2D eigenvalue weighted by Gasteiger charge is -2.11. The van der Waals surface area contributed by atoms with Gasteiger partial charge in [-0.2, -0.15) is 5.26 Å². The van der Waals surface area contributed by atoms with E-state index < -0.39 is 0 Å². The van der Waals surface area contributed by atoms with Crippen molar-refractivity contribution in [3.8, 4) is 6.07 Å². The minimum atomic E-state index is 0.632. The van der Waals surface area contributed by atoms with Gasteiger partial charge < -0.3 is 10.1 Å². The highest BCUT2D eigenvalue weighted by atomic mass is 16.5. The Balaban J connectivity index is 2.05. The van der Waals surface area contributed by atoms with E-state index in [2.05, 4.69) is 23.5 Å². The molecule has 2 aromatic rings. The summed E-state index contributed by atoms with van der Waals surface area (Å²) in [4.78, 5) is 0. The number of benzene rings is 2. The van der Waals surface area contributed by atoms with Gasteiger partial charge in [0.1, 0.15) is 0 Å². The monoisotopic (exact) mass is 266 g/mol. The molecule has 0 spiro atoms. The van der Waals surface area contributed by atoms with E-state index in [4.69, 9.17) is 10.00 Å². The second-order valence-corrected chi connectivity index (χ2v) is 4.45. The number of nitrogens with one attached hydrogen (secondary N) is 1. The Morgan fingerprint density at radius 3 is 2.65 bits per heavy atom. The first-order chi connectivity index (χ1) is 9.83. The molecule has 0 unspecified atom stereocenters. The number of hydrogen-bond acceptors (Lipinski definition) is 3. The number of nitrogens with zero attached hydrogens (tertiary/aromatic N) is 1. The largest absolute Gasteiger partial charge is 0.381 e. The summed E-state index contributed by atoms with van der Waals surface area (Å²) in [5, 5.41) is 12.2. The lowest BCUT2D eigenvalue weighted by Crippen LogP contribution is -2.04. The van der Waals surface area contributed by atoms with E-state index in [1.54, 1.807) is 6.07 Å². The zero-order chi connectivity index (χ0) is 14.2. The molecule has 0 aliphatic heterocycles. The average molecular weight is 266 g/mol. The van der Waals surface area contributed by atoms with Crippen molar-refractivity contribution in [3.63, 3.8) is 0 Å². The quantitative estimate of drug-likeness (QED) is 0.867. The van der Waals surface area contributed by atoms with Crippen LogP contribution < -0.4 is 5.32 Å². The molecule has 1 N–H and O–H groups in total. The maximum atomic E-state index is 8.89. The second-order valence-electron chi connectivity index (χ2n) is 4.45. The third-order valence-electron chi connectivity index (χ3n) is 3.05. The number of hydrogen-bond donors (Lipinski definition) is 1. The molecule has 0 aliphatic carbocycles. The molecule has 0 saturated heterocycles. The van der Waals surface area contributed by atoms with Crippen molar-refractivity contribution in [1.29, 1.82) is 5.26 Å². The molecule has 0 atom stereocenters. The lowest BCUT2D eigenvalue weighted by atomic mass is 10.1. The van der Waals surface area contributed by atoms with E-state index in [0.717, 1.165) is 12.2 Å². The van der Waals surface area contributed by atoms with Crippen LogP contribution in [0.5, 0.6) is 0 Å². The molecule has 3 heteroatoms. The molecular formula is C17H18N2O. The van der Waals surface area contributed by atoms with Crippen molar-refractivity contribution >= 4 is 5.69 Å². The van der Waals surface area contributed by atoms with Crippen molar-refractivity contribution in [2.45, 2.75) is 20.1 Å². The number of nitriles is 1. The van der Waals surface area contributed by atoms with Gasteiger partial charge in [-0.15, -0.1) is 0 Å². The minimum absolute atomic E-state index is 0.632. The second kappa shape index (κ2) is 7.32. The van der Waals surface area contributed by atoms with Gasteiger partial charge in [0, 0.05) is 18.8 Å². The van der Waals surface area contributed by atoms with Crippen LogP contribution >= 0.6 is 0 Å². The summed E-state index contributed by atoms with van der Waals surface area (Å²) >= 11 is 0. The molecule has 20 heavy (non-hydrogen) atoms. The molecule has 2 rings (SSSR count). The van der Waals surface area contributed by atoms with E-state index in [9.17, 15) is 0 Å². The standard InChI is InChI=1S/C17H18N2O/c1-2-20-13-16-8-4-3-7-15(16)12-19-17-9-5-6-14(10-17)11-18/h3-10,19H,2,12-13H2,1H3. The zero-order valence-electron chi connectivity index (χ0n) is 11.6. The Labute approximate surface area is 119 Å².